The Bertz CT molecular complexity index is 1500. The van der Waals surface area contributed by atoms with Gasteiger partial charge in [0.05, 0.1) is 35.1 Å². The summed E-state index contributed by atoms with van der Waals surface area (Å²) < 4.78 is 16.6. The first kappa shape index (κ1) is 21.6. The van der Waals surface area contributed by atoms with Gasteiger partial charge in [0.25, 0.3) is 11.5 Å². The van der Waals surface area contributed by atoms with E-state index in [4.69, 9.17) is 0 Å². The summed E-state index contributed by atoms with van der Waals surface area (Å²) in [5.74, 6) is -0.240. The molecule has 4 aromatic rings. The van der Waals surface area contributed by atoms with Gasteiger partial charge in [0.1, 0.15) is 6.17 Å². The summed E-state index contributed by atoms with van der Waals surface area (Å²) in [6.45, 7) is 4.00. The topological polar surface area (TPSA) is 108 Å². The molecule has 2 saturated carbocycles. The smallest absolute Gasteiger partial charge is 0.289 e. The molecule has 0 radical (unpaired) electrons. The van der Waals surface area contributed by atoms with Crippen LogP contribution in [-0.2, 0) is 5.54 Å². The average molecular weight is 474 g/mol. The number of nitrogens with one attached hydrogen (secondary N) is 1. The Balaban J connectivity index is 1.24. The molecule has 3 heterocycles. The van der Waals surface area contributed by atoms with Gasteiger partial charge in [-0.1, -0.05) is 24.3 Å². The van der Waals surface area contributed by atoms with Crippen LogP contribution in [0.4, 0.5) is 4.39 Å². The van der Waals surface area contributed by atoms with Crippen LogP contribution >= 0.6 is 0 Å². The van der Waals surface area contributed by atoms with Gasteiger partial charge < -0.3 is 5.32 Å². The van der Waals surface area contributed by atoms with Crippen molar-refractivity contribution in [3.05, 3.63) is 70.9 Å². The van der Waals surface area contributed by atoms with Crippen LogP contribution in [0.25, 0.3) is 22.2 Å². The van der Waals surface area contributed by atoms with E-state index in [0.29, 0.717) is 23.2 Å². The summed E-state index contributed by atoms with van der Waals surface area (Å²) in [4.78, 5) is 38.7. The Labute approximate surface area is 200 Å². The lowest BCUT2D eigenvalue weighted by molar-refractivity contribution is 0.0920. The Morgan fingerprint density at radius 2 is 1.91 bits per heavy atom. The van der Waals surface area contributed by atoms with Gasteiger partial charge in [-0.3, -0.25) is 14.2 Å². The summed E-state index contributed by atoms with van der Waals surface area (Å²) >= 11 is 0. The van der Waals surface area contributed by atoms with Gasteiger partial charge in [0.2, 0.25) is 5.82 Å². The molecule has 2 atom stereocenters. The summed E-state index contributed by atoms with van der Waals surface area (Å²) in [6.07, 6.45) is 7.17. The van der Waals surface area contributed by atoms with Gasteiger partial charge in [-0.15, -0.1) is 0 Å². The molecule has 35 heavy (non-hydrogen) atoms. The number of carbonyl (C=O) groups excluding carboxylic acids is 1. The van der Waals surface area contributed by atoms with Crippen LogP contribution in [0.3, 0.4) is 0 Å². The van der Waals surface area contributed by atoms with E-state index < -0.39 is 17.8 Å². The number of hydrogen-bond donors (Lipinski definition) is 1. The van der Waals surface area contributed by atoms with Crippen molar-refractivity contribution in [2.45, 2.75) is 56.9 Å². The molecule has 0 unspecified atom stereocenters. The first-order chi connectivity index (χ1) is 16.9. The van der Waals surface area contributed by atoms with E-state index in [2.05, 4.69) is 25.4 Å². The quantitative estimate of drug-likeness (QED) is 0.460. The van der Waals surface area contributed by atoms with E-state index in [0.717, 1.165) is 23.8 Å². The van der Waals surface area contributed by atoms with Gasteiger partial charge in [0.15, 0.2) is 5.65 Å². The van der Waals surface area contributed by atoms with Crippen LogP contribution in [0.1, 0.15) is 61.4 Å². The summed E-state index contributed by atoms with van der Waals surface area (Å²) in [7, 11) is 0. The molecule has 3 aromatic heterocycles. The molecular formula is C25H24FN7O2. The largest absolute Gasteiger partial charge is 0.340 e. The summed E-state index contributed by atoms with van der Waals surface area (Å²) in [5.41, 5.74) is 1.96. The molecule has 1 amide bonds. The van der Waals surface area contributed by atoms with Crippen molar-refractivity contribution in [2.24, 2.45) is 0 Å². The molecule has 0 saturated heterocycles. The number of hydrogen-bond acceptors (Lipinski definition) is 6. The standard InChI is InChI=1S/C25H24FN7O2/c1-14(2)33-22-16(11-29-33)10-28-21(30-22)23(34)31-25(7-8-25)17-5-3-15(4-6-17)18-12-27-13-32(24(18)35)20-9-19(20)26/h3-6,10-14,19-20H,7-9H2,1-2H3,(H,31,34)/t19-,20-/m0/s1. The minimum absolute atomic E-state index is 0.102. The van der Waals surface area contributed by atoms with Crippen LogP contribution in [-0.4, -0.2) is 41.4 Å². The number of nitrogens with zero attached hydrogens (tertiary/aromatic N) is 6. The van der Waals surface area contributed by atoms with E-state index >= 15 is 0 Å². The van der Waals surface area contributed by atoms with Gasteiger partial charge in [-0.25, -0.2) is 24.0 Å². The maximum absolute atomic E-state index is 13.5. The number of carbonyl (C=O) groups is 1. The third-order valence-electron chi connectivity index (χ3n) is 6.78. The zero-order chi connectivity index (χ0) is 24.3. The fourth-order valence-electron chi connectivity index (χ4n) is 4.48. The SMILES string of the molecule is CC(C)n1ncc2cnc(C(=O)NC3(c4ccc(-c5cncn([C@H]6C[C@@H]6F)c5=O)cc4)CC3)nc21. The van der Waals surface area contributed by atoms with Crippen LogP contribution < -0.4 is 10.9 Å². The lowest BCUT2D eigenvalue weighted by atomic mass is 10.0. The van der Waals surface area contributed by atoms with E-state index in [-0.39, 0.29) is 23.3 Å². The van der Waals surface area contributed by atoms with Crippen LogP contribution in [0.5, 0.6) is 0 Å². The molecule has 2 aliphatic carbocycles. The first-order valence-corrected chi connectivity index (χ1v) is 11.7. The number of aromatic nitrogens is 6. The fourth-order valence-corrected chi connectivity index (χ4v) is 4.48. The molecule has 0 aliphatic heterocycles. The van der Waals surface area contributed by atoms with Crippen LogP contribution in [0, 0.1) is 0 Å². The van der Waals surface area contributed by atoms with E-state index in [9.17, 15) is 14.0 Å². The Kier molecular flexibility index (Phi) is 4.80. The average Bonchev–Trinajstić information content (AvgIpc) is 3.75. The number of rotatable bonds is 6. The number of halogens is 1. The normalized spacial score (nSPS) is 20.2. The van der Waals surface area contributed by atoms with Gasteiger partial charge in [-0.05, 0) is 37.8 Å². The molecule has 0 bridgehead atoms. The molecule has 0 spiro atoms. The van der Waals surface area contributed by atoms with E-state index in [1.54, 1.807) is 17.1 Å². The van der Waals surface area contributed by atoms with E-state index in [1.807, 2.05) is 38.1 Å². The number of benzene rings is 1. The van der Waals surface area contributed by atoms with Crippen molar-refractivity contribution in [2.75, 3.05) is 0 Å². The number of fused-ring (bicyclic) bond motifs is 1. The third kappa shape index (κ3) is 3.69. The van der Waals surface area contributed by atoms with Gasteiger partial charge in [-0.2, -0.15) is 5.10 Å². The molecule has 9 nitrogen and oxygen atoms in total. The highest BCUT2D eigenvalue weighted by molar-refractivity contribution is 5.93. The highest BCUT2D eigenvalue weighted by atomic mass is 19.1. The van der Waals surface area contributed by atoms with Gasteiger partial charge >= 0.3 is 0 Å². The maximum atomic E-state index is 13.5. The molecule has 1 aromatic carbocycles. The van der Waals surface area contributed by atoms with Gasteiger partial charge in [0, 0.05) is 24.9 Å². The van der Waals surface area contributed by atoms with Crippen molar-refractivity contribution in [1.82, 2.24) is 34.6 Å². The van der Waals surface area contributed by atoms with Crippen molar-refractivity contribution in [1.29, 1.82) is 0 Å². The highest BCUT2D eigenvalue weighted by Gasteiger charge is 2.46. The van der Waals surface area contributed by atoms with Crippen molar-refractivity contribution in [3.8, 4) is 11.1 Å². The second-order valence-electron chi connectivity index (χ2n) is 9.61. The lowest BCUT2D eigenvalue weighted by Crippen LogP contribution is -2.36. The molecule has 6 rings (SSSR count). The molecule has 10 heteroatoms. The van der Waals surface area contributed by atoms with Crippen LogP contribution in [0.15, 0.2) is 54.0 Å². The molecule has 1 N–H and O–H groups in total. The van der Waals surface area contributed by atoms with Crippen molar-refractivity contribution in [3.63, 3.8) is 0 Å². The minimum atomic E-state index is -0.985. The summed E-state index contributed by atoms with van der Waals surface area (Å²) in [6, 6.07) is 7.19. The number of amides is 1. The molecular weight excluding hydrogens is 449 g/mol. The highest BCUT2D eigenvalue weighted by Crippen LogP contribution is 2.46. The zero-order valence-electron chi connectivity index (χ0n) is 19.3. The number of alkyl halides is 1. The van der Waals surface area contributed by atoms with Crippen molar-refractivity contribution >= 4 is 16.9 Å². The maximum Gasteiger partial charge on any atom is 0.289 e. The molecule has 2 aliphatic rings. The van der Waals surface area contributed by atoms with E-state index in [1.165, 1.54) is 17.1 Å². The Hall–Kier alpha value is -3.95. The second kappa shape index (κ2) is 7.79. The summed E-state index contributed by atoms with van der Waals surface area (Å²) in [5, 5.41) is 8.21. The first-order valence-electron chi connectivity index (χ1n) is 11.7. The lowest BCUT2D eigenvalue weighted by Gasteiger charge is -2.18. The zero-order valence-corrected chi connectivity index (χ0v) is 19.3. The molecule has 2 fully saturated rings. The van der Waals surface area contributed by atoms with Crippen LogP contribution in [0.2, 0.25) is 0 Å². The Morgan fingerprint density at radius 1 is 1.17 bits per heavy atom. The second-order valence-corrected chi connectivity index (χ2v) is 9.61. The minimum Gasteiger partial charge on any atom is -0.340 e. The third-order valence-corrected chi connectivity index (χ3v) is 6.78. The van der Waals surface area contributed by atoms with Crippen molar-refractivity contribution < 1.29 is 9.18 Å². The molecule has 178 valence electrons. The monoisotopic (exact) mass is 473 g/mol. The predicted molar refractivity (Wildman–Crippen MR) is 127 cm³/mol. The predicted octanol–water partition coefficient (Wildman–Crippen LogP) is 3.33. The fraction of sp³-hybridized carbons (Fsp3) is 0.360. The Morgan fingerprint density at radius 3 is 2.57 bits per heavy atom.